The van der Waals surface area contributed by atoms with Crippen molar-refractivity contribution in [1.82, 2.24) is 0 Å². The van der Waals surface area contributed by atoms with Crippen LogP contribution in [0.15, 0.2) is 18.2 Å². The van der Waals surface area contributed by atoms with Gasteiger partial charge in [0.1, 0.15) is 0 Å². The van der Waals surface area contributed by atoms with Crippen LogP contribution in [0.25, 0.3) is 0 Å². The number of nitrogens with one attached hydrogen (secondary N) is 1. The summed E-state index contributed by atoms with van der Waals surface area (Å²) in [5, 5.41) is 2.87. The van der Waals surface area contributed by atoms with Gasteiger partial charge in [-0.25, -0.2) is 0 Å². The van der Waals surface area contributed by atoms with Crippen molar-refractivity contribution in [3.05, 3.63) is 23.8 Å². The Hall–Kier alpha value is -1.59. The summed E-state index contributed by atoms with van der Waals surface area (Å²) < 4.78 is 10.8. The highest BCUT2D eigenvalue weighted by Gasteiger charge is 2.07. The van der Waals surface area contributed by atoms with Crippen molar-refractivity contribution in [3.63, 3.8) is 0 Å². The highest BCUT2D eigenvalue weighted by Crippen LogP contribution is 2.20. The Morgan fingerprint density at radius 3 is 2.90 bits per heavy atom. The second kappa shape index (κ2) is 9.37. The number of nitrogen functional groups attached to an aromatic ring is 1. The second-order valence-corrected chi connectivity index (χ2v) is 5.01. The number of hydrogen-bond donors (Lipinski definition) is 2. The van der Waals surface area contributed by atoms with Gasteiger partial charge in [0.2, 0.25) is 5.91 Å². The second-order valence-electron chi connectivity index (χ2n) is 5.01. The Balaban J connectivity index is 2.24. The Kier molecular flexibility index (Phi) is 7.79. The molecule has 0 aromatic heterocycles. The molecular formula is C16H26N2O3. The maximum Gasteiger partial charge on any atom is 0.224 e. The highest BCUT2D eigenvalue weighted by atomic mass is 16.5. The van der Waals surface area contributed by atoms with Crippen molar-refractivity contribution in [1.29, 1.82) is 0 Å². The van der Waals surface area contributed by atoms with Gasteiger partial charge in [0, 0.05) is 31.0 Å². The van der Waals surface area contributed by atoms with Crippen molar-refractivity contribution < 1.29 is 14.3 Å². The van der Waals surface area contributed by atoms with E-state index in [1.165, 1.54) is 0 Å². The molecule has 118 valence electrons. The molecule has 3 N–H and O–H groups in total. The van der Waals surface area contributed by atoms with Crippen LogP contribution in [0.3, 0.4) is 0 Å². The van der Waals surface area contributed by atoms with Crippen LogP contribution in [-0.4, -0.2) is 31.8 Å². The van der Waals surface area contributed by atoms with E-state index in [4.69, 9.17) is 15.2 Å². The SMILES string of the molecule is CCOCC(C)OCCCC(=O)Nc1cccc(N)c1C. The van der Waals surface area contributed by atoms with Crippen LogP contribution >= 0.6 is 0 Å². The predicted molar refractivity (Wildman–Crippen MR) is 85.4 cm³/mol. The first-order valence-electron chi connectivity index (χ1n) is 7.38. The Bertz CT molecular complexity index is 449. The van der Waals surface area contributed by atoms with Crippen molar-refractivity contribution in [2.45, 2.75) is 39.7 Å². The van der Waals surface area contributed by atoms with E-state index < -0.39 is 0 Å². The quantitative estimate of drug-likeness (QED) is 0.542. The number of benzene rings is 1. The van der Waals surface area contributed by atoms with E-state index in [0.29, 0.717) is 38.3 Å². The first kappa shape index (κ1) is 17.5. The fourth-order valence-corrected chi connectivity index (χ4v) is 1.85. The van der Waals surface area contributed by atoms with E-state index in [1.54, 1.807) is 0 Å². The molecular weight excluding hydrogens is 268 g/mol. The van der Waals surface area contributed by atoms with Gasteiger partial charge in [0.15, 0.2) is 0 Å². The molecule has 0 aliphatic rings. The van der Waals surface area contributed by atoms with Crippen LogP contribution < -0.4 is 11.1 Å². The minimum atomic E-state index is -0.0234. The number of carbonyl (C=O) groups excluding carboxylic acids is 1. The third-order valence-corrected chi connectivity index (χ3v) is 3.16. The Labute approximate surface area is 126 Å². The normalized spacial score (nSPS) is 12.1. The molecule has 1 amide bonds. The summed E-state index contributed by atoms with van der Waals surface area (Å²) in [7, 11) is 0. The van der Waals surface area contributed by atoms with Crippen LogP contribution in [0.5, 0.6) is 0 Å². The molecule has 1 unspecified atom stereocenters. The molecule has 0 bridgehead atoms. The molecule has 21 heavy (non-hydrogen) atoms. The predicted octanol–water partition coefficient (Wildman–Crippen LogP) is 2.74. The summed E-state index contributed by atoms with van der Waals surface area (Å²) in [6, 6.07) is 5.50. The number of hydrogen-bond acceptors (Lipinski definition) is 4. The number of rotatable bonds is 9. The number of amides is 1. The Morgan fingerprint density at radius 1 is 1.43 bits per heavy atom. The average molecular weight is 294 g/mol. The first-order valence-corrected chi connectivity index (χ1v) is 7.38. The summed E-state index contributed by atoms with van der Waals surface area (Å²) in [6.45, 7) is 7.64. The standard InChI is InChI=1S/C16H26N2O3/c1-4-20-11-12(2)21-10-6-9-16(19)18-15-8-5-7-14(17)13(15)3/h5,7-8,12H,4,6,9-11,17H2,1-3H3,(H,18,19). The molecule has 1 aromatic rings. The van der Waals surface area contributed by atoms with Gasteiger partial charge >= 0.3 is 0 Å². The van der Waals surface area contributed by atoms with E-state index >= 15 is 0 Å². The lowest BCUT2D eigenvalue weighted by molar-refractivity contribution is -0.116. The van der Waals surface area contributed by atoms with Gasteiger partial charge in [-0.15, -0.1) is 0 Å². The first-order chi connectivity index (χ1) is 10.0. The number of anilines is 2. The fraction of sp³-hybridized carbons (Fsp3) is 0.562. The lowest BCUT2D eigenvalue weighted by atomic mass is 10.1. The maximum atomic E-state index is 11.9. The highest BCUT2D eigenvalue weighted by molar-refractivity contribution is 5.92. The lowest BCUT2D eigenvalue weighted by Gasteiger charge is -2.13. The van der Waals surface area contributed by atoms with Gasteiger partial charge in [-0.3, -0.25) is 4.79 Å². The molecule has 5 nitrogen and oxygen atoms in total. The summed E-state index contributed by atoms with van der Waals surface area (Å²) >= 11 is 0. The van der Waals surface area contributed by atoms with E-state index in [1.807, 2.05) is 39.0 Å². The van der Waals surface area contributed by atoms with Crippen LogP contribution in [0.2, 0.25) is 0 Å². The molecule has 0 heterocycles. The Morgan fingerprint density at radius 2 is 2.19 bits per heavy atom. The molecule has 0 aliphatic carbocycles. The molecule has 0 spiro atoms. The molecule has 0 fully saturated rings. The maximum absolute atomic E-state index is 11.9. The summed E-state index contributed by atoms with van der Waals surface area (Å²) in [6.07, 6.45) is 1.17. The topological polar surface area (TPSA) is 73.6 Å². The van der Waals surface area contributed by atoms with E-state index in [2.05, 4.69) is 5.32 Å². The molecule has 0 saturated carbocycles. The van der Waals surface area contributed by atoms with E-state index in [9.17, 15) is 4.79 Å². The van der Waals surface area contributed by atoms with Gasteiger partial charge in [-0.2, -0.15) is 0 Å². The van der Waals surface area contributed by atoms with Crippen molar-refractivity contribution in [2.24, 2.45) is 0 Å². The van der Waals surface area contributed by atoms with Crippen molar-refractivity contribution in [2.75, 3.05) is 30.9 Å². The lowest BCUT2D eigenvalue weighted by Crippen LogP contribution is -2.18. The zero-order valence-electron chi connectivity index (χ0n) is 13.1. The molecule has 1 rings (SSSR count). The van der Waals surface area contributed by atoms with Gasteiger partial charge < -0.3 is 20.5 Å². The van der Waals surface area contributed by atoms with Crippen LogP contribution in [0, 0.1) is 6.92 Å². The van der Waals surface area contributed by atoms with Crippen molar-refractivity contribution >= 4 is 17.3 Å². The number of carbonyl (C=O) groups is 1. The average Bonchev–Trinajstić information content (AvgIpc) is 2.46. The molecule has 1 atom stereocenters. The third kappa shape index (κ3) is 6.60. The smallest absolute Gasteiger partial charge is 0.224 e. The van der Waals surface area contributed by atoms with Gasteiger partial charge in [-0.05, 0) is 44.9 Å². The number of ether oxygens (including phenoxy) is 2. The summed E-state index contributed by atoms with van der Waals surface area (Å²) in [5.41, 5.74) is 8.15. The minimum absolute atomic E-state index is 0.0234. The van der Waals surface area contributed by atoms with Gasteiger partial charge in [0.05, 0.1) is 12.7 Å². The van der Waals surface area contributed by atoms with Gasteiger partial charge in [-0.1, -0.05) is 6.07 Å². The number of nitrogens with two attached hydrogens (primary N) is 1. The molecule has 0 saturated heterocycles. The summed E-state index contributed by atoms with van der Waals surface area (Å²) in [5.74, 6) is -0.0234. The zero-order chi connectivity index (χ0) is 15.7. The summed E-state index contributed by atoms with van der Waals surface area (Å²) in [4.78, 5) is 11.9. The molecule has 0 radical (unpaired) electrons. The molecule has 0 aliphatic heterocycles. The van der Waals surface area contributed by atoms with Crippen LogP contribution in [0.1, 0.15) is 32.3 Å². The van der Waals surface area contributed by atoms with Gasteiger partial charge in [0.25, 0.3) is 0 Å². The van der Waals surface area contributed by atoms with E-state index in [-0.39, 0.29) is 12.0 Å². The molecule has 1 aromatic carbocycles. The largest absolute Gasteiger partial charge is 0.398 e. The fourth-order valence-electron chi connectivity index (χ4n) is 1.85. The van der Waals surface area contributed by atoms with Crippen LogP contribution in [-0.2, 0) is 14.3 Å². The van der Waals surface area contributed by atoms with E-state index in [0.717, 1.165) is 11.3 Å². The molecule has 5 heteroatoms. The third-order valence-electron chi connectivity index (χ3n) is 3.16. The van der Waals surface area contributed by atoms with Crippen molar-refractivity contribution in [3.8, 4) is 0 Å². The monoisotopic (exact) mass is 294 g/mol. The zero-order valence-corrected chi connectivity index (χ0v) is 13.1. The van der Waals surface area contributed by atoms with Crippen LogP contribution in [0.4, 0.5) is 11.4 Å². The minimum Gasteiger partial charge on any atom is -0.398 e.